The highest BCUT2D eigenvalue weighted by molar-refractivity contribution is 7.31. The summed E-state index contributed by atoms with van der Waals surface area (Å²) < 4.78 is 24.9. The molecule has 1 N–H and O–H groups in total. The van der Waals surface area contributed by atoms with E-state index in [1.165, 1.54) is 6.92 Å². The zero-order valence-corrected chi connectivity index (χ0v) is 7.41. The average molecular weight is 192 g/mol. The predicted molar refractivity (Wildman–Crippen MR) is 40.1 cm³/mol. The highest BCUT2D eigenvalue weighted by Gasteiger charge is 2.18. The van der Waals surface area contributed by atoms with E-state index >= 15 is 0 Å². The summed E-state index contributed by atoms with van der Waals surface area (Å²) in [4.78, 5) is 10.7. The van der Waals surface area contributed by atoms with Crippen molar-refractivity contribution >= 4 is 13.6 Å². The molecule has 1 atom stereocenters. The highest BCUT2D eigenvalue weighted by Crippen LogP contribution is 2.16. The molecule has 0 bridgehead atoms. The summed E-state index contributed by atoms with van der Waals surface area (Å²) in [5, 5.41) is 8.44. The van der Waals surface area contributed by atoms with Gasteiger partial charge in [-0.2, -0.15) is 0 Å². The topological polar surface area (TPSA) is 80.7 Å². The SMILES string of the molecule is C=C(C)C(=O)OC(CO)P(=O)=O. The lowest BCUT2D eigenvalue weighted by Crippen LogP contribution is -2.17. The minimum atomic E-state index is -2.96. The van der Waals surface area contributed by atoms with Crippen molar-refractivity contribution in [2.45, 2.75) is 12.8 Å². The van der Waals surface area contributed by atoms with Gasteiger partial charge in [0, 0.05) is 5.57 Å². The molecule has 0 amide bonds. The lowest BCUT2D eigenvalue weighted by atomic mass is 10.4. The largest absolute Gasteiger partial charge is 0.441 e. The molecule has 5 nitrogen and oxygen atoms in total. The number of rotatable bonds is 4. The molecule has 0 aromatic heterocycles. The van der Waals surface area contributed by atoms with E-state index in [9.17, 15) is 13.9 Å². The average Bonchev–Trinajstić information content (AvgIpc) is 1.98. The Morgan fingerprint density at radius 2 is 2.17 bits per heavy atom. The maximum absolute atomic E-state index is 10.7. The Kier molecular flexibility index (Phi) is 4.47. The molecule has 68 valence electrons. The zero-order chi connectivity index (χ0) is 9.72. The van der Waals surface area contributed by atoms with Crippen molar-refractivity contribution in [2.75, 3.05) is 6.61 Å². The lowest BCUT2D eigenvalue weighted by Gasteiger charge is -2.06. The van der Waals surface area contributed by atoms with Crippen LogP contribution in [0.5, 0.6) is 0 Å². The van der Waals surface area contributed by atoms with Crippen LogP contribution in [0.25, 0.3) is 0 Å². The fourth-order valence-electron chi connectivity index (χ4n) is 0.371. The third kappa shape index (κ3) is 3.46. The monoisotopic (exact) mass is 192 g/mol. The summed E-state index contributed by atoms with van der Waals surface area (Å²) in [5.74, 6) is -2.29. The van der Waals surface area contributed by atoms with Crippen LogP contribution in [-0.2, 0) is 18.7 Å². The Morgan fingerprint density at radius 1 is 1.67 bits per heavy atom. The van der Waals surface area contributed by atoms with E-state index in [4.69, 9.17) is 5.11 Å². The maximum atomic E-state index is 10.7. The first-order valence-corrected chi connectivity index (χ1v) is 4.34. The second-order valence-electron chi connectivity index (χ2n) is 2.11. The number of carbonyl (C=O) groups is 1. The van der Waals surface area contributed by atoms with E-state index in [1.54, 1.807) is 0 Å². The van der Waals surface area contributed by atoms with Gasteiger partial charge in [0.1, 0.15) is 0 Å². The third-order valence-electron chi connectivity index (χ3n) is 0.983. The molecule has 0 aliphatic rings. The van der Waals surface area contributed by atoms with Crippen LogP contribution in [-0.4, -0.2) is 23.5 Å². The molecule has 0 saturated heterocycles. The molecule has 0 saturated carbocycles. The van der Waals surface area contributed by atoms with E-state index < -0.39 is 26.1 Å². The molecule has 0 aliphatic heterocycles. The molecule has 0 rings (SSSR count). The van der Waals surface area contributed by atoms with Gasteiger partial charge in [0.2, 0.25) is 5.85 Å². The standard InChI is InChI=1S/C6H9O5P/c1-4(2)6(8)11-5(3-7)12(9)10/h5,7H,1,3H2,2H3. The molecule has 12 heavy (non-hydrogen) atoms. The van der Waals surface area contributed by atoms with Gasteiger partial charge in [-0.1, -0.05) is 6.58 Å². The Hall–Kier alpha value is -0.930. The van der Waals surface area contributed by atoms with Gasteiger partial charge in [-0.15, -0.1) is 0 Å². The molecule has 0 fully saturated rings. The van der Waals surface area contributed by atoms with Gasteiger partial charge in [-0.3, -0.25) is 0 Å². The van der Waals surface area contributed by atoms with Gasteiger partial charge in [-0.05, 0) is 6.92 Å². The van der Waals surface area contributed by atoms with Crippen LogP contribution in [0, 0.1) is 0 Å². The van der Waals surface area contributed by atoms with E-state index in [1.807, 2.05) is 0 Å². The number of hydrogen-bond donors (Lipinski definition) is 1. The fourth-order valence-corrected chi connectivity index (χ4v) is 0.686. The van der Waals surface area contributed by atoms with Crippen LogP contribution in [0.2, 0.25) is 0 Å². The summed E-state index contributed by atoms with van der Waals surface area (Å²) in [7, 11) is -2.96. The molecule has 1 unspecified atom stereocenters. The first-order chi connectivity index (χ1) is 5.49. The van der Waals surface area contributed by atoms with Crippen molar-refractivity contribution in [3.8, 4) is 0 Å². The number of hydrogen-bond acceptors (Lipinski definition) is 5. The normalized spacial score (nSPS) is 11.8. The van der Waals surface area contributed by atoms with E-state index in [2.05, 4.69) is 11.3 Å². The Labute approximate surface area is 69.9 Å². The smallest absolute Gasteiger partial charge is 0.359 e. The second kappa shape index (κ2) is 4.85. The van der Waals surface area contributed by atoms with Crippen LogP contribution in [0.1, 0.15) is 6.92 Å². The summed E-state index contributed by atoms with van der Waals surface area (Å²) >= 11 is 0. The zero-order valence-electron chi connectivity index (χ0n) is 6.52. The molecule has 0 heterocycles. The lowest BCUT2D eigenvalue weighted by molar-refractivity contribution is -0.142. The summed E-state index contributed by atoms with van der Waals surface area (Å²) in [6.07, 6.45) is 0. The van der Waals surface area contributed by atoms with Crippen molar-refractivity contribution in [1.29, 1.82) is 0 Å². The van der Waals surface area contributed by atoms with Gasteiger partial charge in [0.05, 0.1) is 6.61 Å². The minimum absolute atomic E-state index is 0.0882. The number of aliphatic hydroxyl groups excluding tert-OH is 1. The van der Waals surface area contributed by atoms with Crippen molar-refractivity contribution in [3.05, 3.63) is 12.2 Å². The van der Waals surface area contributed by atoms with Crippen molar-refractivity contribution < 1.29 is 23.8 Å². The molecule has 6 heteroatoms. The number of carbonyl (C=O) groups excluding carboxylic acids is 1. The quantitative estimate of drug-likeness (QED) is 0.400. The number of aliphatic hydroxyl groups is 1. The van der Waals surface area contributed by atoms with E-state index in [0.717, 1.165) is 0 Å². The Morgan fingerprint density at radius 3 is 2.42 bits per heavy atom. The van der Waals surface area contributed by atoms with Crippen LogP contribution in [0.15, 0.2) is 12.2 Å². The second-order valence-corrected chi connectivity index (χ2v) is 3.25. The number of esters is 1. The highest BCUT2D eigenvalue weighted by atomic mass is 31.1. The van der Waals surface area contributed by atoms with Crippen molar-refractivity contribution in [3.63, 3.8) is 0 Å². The van der Waals surface area contributed by atoms with Crippen LogP contribution < -0.4 is 0 Å². The first kappa shape index (κ1) is 11.1. The molecular formula is C6H9O5P. The molecule has 0 spiro atoms. The van der Waals surface area contributed by atoms with E-state index in [0.29, 0.717) is 0 Å². The van der Waals surface area contributed by atoms with Gasteiger partial charge in [0.15, 0.2) is 0 Å². The third-order valence-corrected chi connectivity index (χ3v) is 1.72. The first-order valence-electron chi connectivity index (χ1n) is 3.10. The predicted octanol–water partition coefficient (Wildman–Crippen LogP) is 0.597. The van der Waals surface area contributed by atoms with Crippen LogP contribution in [0.4, 0.5) is 0 Å². The number of ether oxygens (including phenoxy) is 1. The van der Waals surface area contributed by atoms with E-state index in [-0.39, 0.29) is 5.57 Å². The van der Waals surface area contributed by atoms with Gasteiger partial charge in [0.25, 0.3) is 0 Å². The Balaban J connectivity index is 4.22. The maximum Gasteiger partial charge on any atom is 0.359 e. The summed E-state index contributed by atoms with van der Waals surface area (Å²) in [5.41, 5.74) is 0.0882. The van der Waals surface area contributed by atoms with Crippen molar-refractivity contribution in [2.24, 2.45) is 0 Å². The van der Waals surface area contributed by atoms with Crippen LogP contribution >= 0.6 is 7.68 Å². The van der Waals surface area contributed by atoms with Gasteiger partial charge >= 0.3 is 13.6 Å². The molecule has 0 aromatic rings. The summed E-state index contributed by atoms with van der Waals surface area (Å²) in [6.45, 7) is 3.89. The Bertz CT molecular complexity index is 247. The fraction of sp³-hybridized carbons (Fsp3) is 0.500. The minimum Gasteiger partial charge on any atom is -0.441 e. The molecule has 0 aromatic carbocycles. The molecule has 0 aliphatic carbocycles. The van der Waals surface area contributed by atoms with Gasteiger partial charge in [-0.25, -0.2) is 13.9 Å². The molecule has 0 radical (unpaired) electrons. The van der Waals surface area contributed by atoms with Gasteiger partial charge < -0.3 is 9.84 Å². The van der Waals surface area contributed by atoms with Crippen molar-refractivity contribution in [1.82, 2.24) is 0 Å². The molecular weight excluding hydrogens is 183 g/mol. The van der Waals surface area contributed by atoms with Crippen LogP contribution in [0.3, 0.4) is 0 Å². The summed E-state index contributed by atoms with van der Waals surface area (Å²) in [6, 6.07) is 0.